The molecule has 1 aliphatic rings. The van der Waals surface area contributed by atoms with Gasteiger partial charge in [-0.25, -0.2) is 0 Å². The van der Waals surface area contributed by atoms with Crippen LogP contribution in [0.4, 0.5) is 0 Å². The van der Waals surface area contributed by atoms with E-state index in [0.717, 1.165) is 0 Å². The molecule has 0 N–H and O–H groups in total. The van der Waals surface area contributed by atoms with E-state index in [9.17, 15) is 0 Å². The molecule has 0 spiro atoms. The Hall–Kier alpha value is -1.09. The van der Waals surface area contributed by atoms with Gasteiger partial charge in [0.15, 0.2) is 0 Å². The molecule has 1 saturated carbocycles. The molecule has 0 atom stereocenters. The Bertz CT molecular complexity index is 789. The molecule has 0 unspecified atom stereocenters. The van der Waals surface area contributed by atoms with Crippen molar-refractivity contribution in [2.75, 3.05) is 0 Å². The predicted octanol–water partition coefficient (Wildman–Crippen LogP) is 8.46. The smallest absolute Gasteiger partial charge is 0.00593 e. The zero-order valence-electron chi connectivity index (χ0n) is 15.6. The van der Waals surface area contributed by atoms with Crippen LogP contribution in [-0.2, 0) is 0 Å². The fraction of sp³-hybridized carbons (Fsp3) is 0.417. The summed E-state index contributed by atoms with van der Waals surface area (Å²) in [7, 11) is 0. The Morgan fingerprint density at radius 3 is 2.28 bits per heavy atom. The predicted molar refractivity (Wildman–Crippen MR) is 120 cm³/mol. The normalized spacial score (nSPS) is 19.2. The summed E-state index contributed by atoms with van der Waals surface area (Å²) < 4.78 is 1.60. The van der Waals surface area contributed by atoms with Crippen LogP contribution in [0.25, 0.3) is 16.3 Å². The number of hydrogen-bond donors (Lipinski definition) is 0. The molecule has 1 heteroatoms. The molecule has 3 rings (SSSR count). The standard InChI is InChI=1S/C24H29I/c1-3-10-20(21-17-9-13-18-12-5-6-14-19(18)21)22-15-7-8-16-23(22)24(25)11-4-2/h5-6,9,12-14,17H,3-4,7-8,10-11,15-16H2,1-2H3/b22-20-,24-23-. The highest BCUT2D eigenvalue weighted by Crippen LogP contribution is 2.42. The van der Waals surface area contributed by atoms with Crippen LogP contribution in [0, 0.1) is 0 Å². The van der Waals surface area contributed by atoms with E-state index in [0.29, 0.717) is 0 Å². The minimum atomic E-state index is 1.18. The number of halogens is 1. The van der Waals surface area contributed by atoms with Gasteiger partial charge in [0.05, 0.1) is 0 Å². The van der Waals surface area contributed by atoms with E-state index in [2.05, 4.69) is 78.9 Å². The summed E-state index contributed by atoms with van der Waals surface area (Å²) in [6.07, 6.45) is 10.1. The molecule has 0 saturated heterocycles. The molecule has 0 heterocycles. The van der Waals surface area contributed by atoms with Crippen molar-refractivity contribution >= 4 is 38.9 Å². The fourth-order valence-electron chi connectivity index (χ4n) is 4.09. The van der Waals surface area contributed by atoms with Crippen LogP contribution in [0.15, 0.2) is 57.2 Å². The maximum Gasteiger partial charge on any atom is -0.00593 e. The van der Waals surface area contributed by atoms with Crippen molar-refractivity contribution in [2.24, 2.45) is 0 Å². The average Bonchev–Trinajstić information content (AvgIpc) is 2.66. The molecular formula is C24H29I. The molecule has 2 aromatic carbocycles. The summed E-state index contributed by atoms with van der Waals surface area (Å²) in [4.78, 5) is 0. The minimum absolute atomic E-state index is 1.18. The largest absolute Gasteiger partial charge is 0.0651 e. The number of fused-ring (bicyclic) bond motifs is 1. The molecule has 0 aromatic heterocycles. The first-order valence-electron chi connectivity index (χ1n) is 9.84. The summed E-state index contributed by atoms with van der Waals surface area (Å²) in [5.41, 5.74) is 6.42. The van der Waals surface area contributed by atoms with Gasteiger partial charge in [0.25, 0.3) is 0 Å². The van der Waals surface area contributed by atoms with Gasteiger partial charge in [0.2, 0.25) is 0 Å². The van der Waals surface area contributed by atoms with Crippen molar-refractivity contribution in [2.45, 2.75) is 65.2 Å². The third-order valence-corrected chi connectivity index (χ3v) is 6.43. The van der Waals surface area contributed by atoms with Gasteiger partial charge < -0.3 is 0 Å². The Labute approximate surface area is 166 Å². The quantitative estimate of drug-likeness (QED) is 0.406. The number of benzene rings is 2. The summed E-state index contributed by atoms with van der Waals surface area (Å²) >= 11 is 2.62. The van der Waals surface area contributed by atoms with Crippen molar-refractivity contribution in [1.82, 2.24) is 0 Å². The van der Waals surface area contributed by atoms with E-state index in [1.54, 1.807) is 20.3 Å². The lowest BCUT2D eigenvalue weighted by Gasteiger charge is -2.25. The van der Waals surface area contributed by atoms with E-state index in [1.807, 2.05) is 0 Å². The Kier molecular flexibility index (Phi) is 6.75. The van der Waals surface area contributed by atoms with E-state index < -0.39 is 0 Å². The lowest BCUT2D eigenvalue weighted by molar-refractivity contribution is 0.673. The molecule has 1 fully saturated rings. The maximum atomic E-state index is 2.62. The number of allylic oxidation sites excluding steroid dienone is 4. The summed E-state index contributed by atoms with van der Waals surface area (Å²) in [5.74, 6) is 0. The molecular weight excluding hydrogens is 415 g/mol. The molecule has 0 nitrogen and oxygen atoms in total. The SMILES string of the molecule is CCC/C(I)=C1\CCCC\C1=C(/CCC)c1cccc2ccccc12. The first kappa shape index (κ1) is 18.7. The first-order chi connectivity index (χ1) is 12.3. The van der Waals surface area contributed by atoms with Gasteiger partial charge in [-0.1, -0.05) is 69.2 Å². The molecule has 0 radical (unpaired) electrons. The topological polar surface area (TPSA) is 0 Å². The van der Waals surface area contributed by atoms with Crippen LogP contribution in [0.5, 0.6) is 0 Å². The Morgan fingerprint density at radius 2 is 1.52 bits per heavy atom. The second-order valence-corrected chi connectivity index (χ2v) is 8.38. The van der Waals surface area contributed by atoms with Crippen molar-refractivity contribution in [3.05, 3.63) is 62.8 Å². The molecule has 132 valence electrons. The van der Waals surface area contributed by atoms with Crippen LogP contribution >= 0.6 is 22.6 Å². The third-order valence-electron chi connectivity index (χ3n) is 5.24. The highest BCUT2D eigenvalue weighted by Gasteiger charge is 2.20. The third kappa shape index (κ3) is 4.19. The van der Waals surface area contributed by atoms with Crippen LogP contribution in [-0.4, -0.2) is 0 Å². The van der Waals surface area contributed by atoms with E-state index in [4.69, 9.17) is 0 Å². The van der Waals surface area contributed by atoms with Crippen LogP contribution in [0.2, 0.25) is 0 Å². The van der Waals surface area contributed by atoms with Gasteiger partial charge in [-0.3, -0.25) is 0 Å². The second kappa shape index (κ2) is 9.02. The summed E-state index contributed by atoms with van der Waals surface area (Å²) in [5, 5.41) is 2.77. The lowest BCUT2D eigenvalue weighted by Crippen LogP contribution is -2.05. The first-order valence-corrected chi connectivity index (χ1v) is 10.9. The van der Waals surface area contributed by atoms with Gasteiger partial charge in [-0.2, -0.15) is 0 Å². The summed E-state index contributed by atoms with van der Waals surface area (Å²) in [6, 6.07) is 15.7. The fourth-order valence-corrected chi connectivity index (χ4v) is 5.23. The van der Waals surface area contributed by atoms with Crippen molar-refractivity contribution in [1.29, 1.82) is 0 Å². The van der Waals surface area contributed by atoms with Gasteiger partial charge >= 0.3 is 0 Å². The second-order valence-electron chi connectivity index (χ2n) is 7.07. The highest BCUT2D eigenvalue weighted by molar-refractivity contribution is 14.1. The number of rotatable bonds is 5. The van der Waals surface area contributed by atoms with Gasteiger partial charge in [-0.05, 0) is 97.8 Å². The van der Waals surface area contributed by atoms with Crippen molar-refractivity contribution in [3.8, 4) is 0 Å². The van der Waals surface area contributed by atoms with E-state index >= 15 is 0 Å². The zero-order valence-corrected chi connectivity index (χ0v) is 17.7. The lowest BCUT2D eigenvalue weighted by atomic mass is 9.81. The minimum Gasteiger partial charge on any atom is -0.0651 e. The van der Waals surface area contributed by atoms with Crippen LogP contribution in [0.1, 0.15) is 70.8 Å². The van der Waals surface area contributed by atoms with E-state index in [-0.39, 0.29) is 0 Å². The molecule has 2 aromatic rings. The van der Waals surface area contributed by atoms with Crippen molar-refractivity contribution in [3.63, 3.8) is 0 Å². The average molecular weight is 444 g/mol. The van der Waals surface area contributed by atoms with Gasteiger partial charge in [0.1, 0.15) is 0 Å². The molecule has 0 amide bonds. The Balaban J connectivity index is 2.22. The molecule has 25 heavy (non-hydrogen) atoms. The van der Waals surface area contributed by atoms with Crippen LogP contribution < -0.4 is 0 Å². The highest BCUT2D eigenvalue weighted by atomic mass is 127. The van der Waals surface area contributed by atoms with Gasteiger partial charge in [-0.15, -0.1) is 0 Å². The van der Waals surface area contributed by atoms with Crippen molar-refractivity contribution < 1.29 is 0 Å². The monoisotopic (exact) mass is 444 g/mol. The van der Waals surface area contributed by atoms with Crippen LogP contribution in [0.3, 0.4) is 0 Å². The summed E-state index contributed by atoms with van der Waals surface area (Å²) in [6.45, 7) is 4.61. The number of hydrogen-bond acceptors (Lipinski definition) is 0. The molecule has 0 bridgehead atoms. The van der Waals surface area contributed by atoms with E-state index in [1.165, 1.54) is 67.7 Å². The van der Waals surface area contributed by atoms with Gasteiger partial charge in [0, 0.05) is 0 Å². The molecule has 0 aliphatic heterocycles. The zero-order chi connectivity index (χ0) is 17.6. The maximum absolute atomic E-state index is 2.62. The molecule has 1 aliphatic carbocycles. The Morgan fingerprint density at radius 1 is 0.840 bits per heavy atom.